The van der Waals surface area contributed by atoms with Crippen LogP contribution in [0.2, 0.25) is 0 Å². The van der Waals surface area contributed by atoms with Crippen molar-refractivity contribution in [2.45, 2.75) is 31.2 Å². The molecule has 2 nitrogen and oxygen atoms in total. The summed E-state index contributed by atoms with van der Waals surface area (Å²) in [5, 5.41) is 8.73. The van der Waals surface area contributed by atoms with Crippen LogP contribution in [0.25, 0.3) is 0 Å². The van der Waals surface area contributed by atoms with Crippen molar-refractivity contribution in [2.24, 2.45) is 0 Å². The van der Waals surface area contributed by atoms with E-state index in [0.717, 1.165) is 31.7 Å². The lowest BCUT2D eigenvalue weighted by Gasteiger charge is -2.16. The Morgan fingerprint density at radius 2 is 1.88 bits per heavy atom. The third kappa shape index (κ3) is 6.10. The van der Waals surface area contributed by atoms with Gasteiger partial charge in [-0.1, -0.05) is 19.1 Å². The molecule has 17 heavy (non-hydrogen) atoms. The lowest BCUT2D eigenvalue weighted by Crippen LogP contribution is -2.19. The van der Waals surface area contributed by atoms with Crippen molar-refractivity contribution < 1.29 is 5.11 Å². The zero-order valence-corrected chi connectivity index (χ0v) is 11.7. The Labute approximate surface area is 109 Å². The van der Waals surface area contributed by atoms with Gasteiger partial charge in [0.1, 0.15) is 0 Å². The molecule has 0 saturated carbocycles. The predicted octanol–water partition coefficient (Wildman–Crippen LogP) is 3.00. The number of nitrogens with zero attached hydrogens (tertiary/aromatic N) is 1. The van der Waals surface area contributed by atoms with Gasteiger partial charge >= 0.3 is 0 Å². The second-order valence-corrected chi connectivity index (χ2v) is 5.58. The Balaban J connectivity index is 2.34. The van der Waals surface area contributed by atoms with E-state index in [0.29, 0.717) is 6.61 Å². The van der Waals surface area contributed by atoms with Crippen molar-refractivity contribution in [3.63, 3.8) is 0 Å². The highest BCUT2D eigenvalue weighted by molar-refractivity contribution is 7.99. The maximum atomic E-state index is 8.73. The summed E-state index contributed by atoms with van der Waals surface area (Å²) in [6.45, 7) is 4.51. The molecule has 1 rings (SSSR count). The molecule has 0 radical (unpaired) electrons. The molecule has 0 aromatic heterocycles. The quantitative estimate of drug-likeness (QED) is 0.569. The van der Waals surface area contributed by atoms with E-state index in [-0.39, 0.29) is 0 Å². The van der Waals surface area contributed by atoms with E-state index in [1.807, 2.05) is 11.8 Å². The molecule has 0 unspecified atom stereocenters. The molecule has 0 aliphatic rings. The number of hydrogen-bond acceptors (Lipinski definition) is 3. The molecule has 1 N–H and O–H groups in total. The highest BCUT2D eigenvalue weighted by Gasteiger charge is 2.00. The van der Waals surface area contributed by atoms with Gasteiger partial charge in [0.15, 0.2) is 0 Å². The fourth-order valence-corrected chi connectivity index (χ4v) is 2.40. The van der Waals surface area contributed by atoms with Gasteiger partial charge in [0.05, 0.1) is 0 Å². The normalized spacial score (nSPS) is 11.1. The van der Waals surface area contributed by atoms with Crippen LogP contribution in [0, 0.1) is 0 Å². The molecule has 0 aliphatic carbocycles. The molecule has 0 heterocycles. The van der Waals surface area contributed by atoms with E-state index in [9.17, 15) is 0 Å². The van der Waals surface area contributed by atoms with Crippen molar-refractivity contribution in [3.05, 3.63) is 29.8 Å². The summed E-state index contributed by atoms with van der Waals surface area (Å²) >= 11 is 1.88. The molecule has 0 atom stereocenters. The molecular formula is C14H23NOS. The molecule has 3 heteroatoms. The number of hydrogen-bond donors (Lipinski definition) is 1. The summed E-state index contributed by atoms with van der Waals surface area (Å²) in [5.74, 6) is 1.13. The van der Waals surface area contributed by atoms with Crippen LogP contribution in [-0.4, -0.2) is 36.0 Å². The first-order chi connectivity index (χ1) is 8.26. The van der Waals surface area contributed by atoms with Crippen LogP contribution in [0.4, 0.5) is 0 Å². The lowest BCUT2D eigenvalue weighted by atomic mass is 10.2. The van der Waals surface area contributed by atoms with Crippen LogP contribution in [-0.2, 0) is 6.54 Å². The van der Waals surface area contributed by atoms with Crippen LogP contribution >= 0.6 is 11.8 Å². The van der Waals surface area contributed by atoms with Crippen molar-refractivity contribution in [1.82, 2.24) is 4.90 Å². The van der Waals surface area contributed by atoms with Crippen LogP contribution in [0.5, 0.6) is 0 Å². The average Bonchev–Trinajstić information content (AvgIpc) is 2.32. The van der Waals surface area contributed by atoms with E-state index in [4.69, 9.17) is 5.11 Å². The smallest absolute Gasteiger partial charge is 0.0431 e. The second-order valence-electron chi connectivity index (χ2n) is 4.25. The number of thioether (sulfide) groups is 1. The minimum atomic E-state index is 0.302. The van der Waals surface area contributed by atoms with E-state index in [2.05, 4.69) is 43.1 Å². The Kier molecular flexibility index (Phi) is 7.33. The van der Waals surface area contributed by atoms with Gasteiger partial charge in [-0.2, -0.15) is 0 Å². The van der Waals surface area contributed by atoms with E-state index in [1.165, 1.54) is 10.5 Å². The van der Waals surface area contributed by atoms with E-state index >= 15 is 0 Å². The fourth-order valence-electron chi connectivity index (χ4n) is 1.74. The largest absolute Gasteiger partial charge is 0.396 e. The lowest BCUT2D eigenvalue weighted by molar-refractivity contribution is 0.261. The van der Waals surface area contributed by atoms with Crippen molar-refractivity contribution in [1.29, 1.82) is 0 Å². The summed E-state index contributed by atoms with van der Waals surface area (Å²) in [7, 11) is 2.13. The maximum absolute atomic E-state index is 8.73. The molecule has 0 amide bonds. The molecule has 0 fully saturated rings. The van der Waals surface area contributed by atoms with Crippen molar-refractivity contribution >= 4 is 11.8 Å². The average molecular weight is 253 g/mol. The Hall–Kier alpha value is -0.510. The first-order valence-corrected chi connectivity index (χ1v) is 7.26. The van der Waals surface area contributed by atoms with Gasteiger partial charge in [-0.05, 0) is 49.9 Å². The zero-order chi connectivity index (χ0) is 12.5. The van der Waals surface area contributed by atoms with Gasteiger partial charge in [0, 0.05) is 18.0 Å². The number of aliphatic hydroxyl groups excluding tert-OH is 1. The predicted molar refractivity (Wildman–Crippen MR) is 75.5 cm³/mol. The molecule has 0 spiro atoms. The molecule has 0 saturated heterocycles. The number of rotatable bonds is 8. The van der Waals surface area contributed by atoms with Gasteiger partial charge in [-0.15, -0.1) is 11.8 Å². The van der Waals surface area contributed by atoms with Gasteiger partial charge in [-0.25, -0.2) is 0 Å². The number of aliphatic hydroxyl groups is 1. The number of unbranched alkanes of at least 4 members (excludes halogenated alkanes) is 1. The SMILES string of the molecule is CCSc1ccc(CN(C)CCCCO)cc1. The summed E-state index contributed by atoms with van der Waals surface area (Å²) in [6.07, 6.45) is 1.97. The fraction of sp³-hybridized carbons (Fsp3) is 0.571. The minimum Gasteiger partial charge on any atom is -0.396 e. The third-order valence-corrected chi connectivity index (χ3v) is 3.53. The van der Waals surface area contributed by atoms with Crippen LogP contribution in [0.1, 0.15) is 25.3 Å². The topological polar surface area (TPSA) is 23.5 Å². The monoisotopic (exact) mass is 253 g/mol. The summed E-state index contributed by atoms with van der Waals surface area (Å²) in [4.78, 5) is 3.65. The standard InChI is InChI=1S/C14H23NOS/c1-3-17-14-8-6-13(7-9-14)12-15(2)10-4-5-11-16/h6-9,16H,3-5,10-12H2,1-2H3. The van der Waals surface area contributed by atoms with Gasteiger partial charge in [0.25, 0.3) is 0 Å². The van der Waals surface area contributed by atoms with Gasteiger partial charge in [-0.3, -0.25) is 0 Å². The molecule has 0 aliphatic heterocycles. The summed E-state index contributed by atoms with van der Waals surface area (Å²) in [6, 6.07) is 8.82. The summed E-state index contributed by atoms with van der Waals surface area (Å²) < 4.78 is 0. The first-order valence-electron chi connectivity index (χ1n) is 6.27. The maximum Gasteiger partial charge on any atom is 0.0431 e. The molecule has 1 aromatic carbocycles. The van der Waals surface area contributed by atoms with Crippen LogP contribution < -0.4 is 0 Å². The van der Waals surface area contributed by atoms with Crippen molar-refractivity contribution in [3.8, 4) is 0 Å². The Morgan fingerprint density at radius 1 is 1.18 bits per heavy atom. The molecule has 1 aromatic rings. The second kappa shape index (κ2) is 8.56. The summed E-state index contributed by atoms with van der Waals surface area (Å²) in [5.41, 5.74) is 1.36. The van der Waals surface area contributed by atoms with Crippen LogP contribution in [0.15, 0.2) is 29.2 Å². The highest BCUT2D eigenvalue weighted by atomic mass is 32.2. The molecule has 0 bridgehead atoms. The zero-order valence-electron chi connectivity index (χ0n) is 10.9. The highest BCUT2D eigenvalue weighted by Crippen LogP contribution is 2.18. The van der Waals surface area contributed by atoms with Gasteiger partial charge < -0.3 is 10.0 Å². The van der Waals surface area contributed by atoms with Crippen LogP contribution in [0.3, 0.4) is 0 Å². The van der Waals surface area contributed by atoms with E-state index < -0.39 is 0 Å². The molecular weight excluding hydrogens is 230 g/mol. The first kappa shape index (κ1) is 14.6. The minimum absolute atomic E-state index is 0.302. The molecule has 96 valence electrons. The van der Waals surface area contributed by atoms with E-state index in [1.54, 1.807) is 0 Å². The third-order valence-electron chi connectivity index (χ3n) is 2.63. The van der Waals surface area contributed by atoms with Gasteiger partial charge in [0.2, 0.25) is 0 Å². The Bertz CT molecular complexity index is 300. The Morgan fingerprint density at radius 3 is 2.47 bits per heavy atom. The van der Waals surface area contributed by atoms with Crippen molar-refractivity contribution in [2.75, 3.05) is 26.0 Å². The number of benzene rings is 1.